The average molecular weight is 369 g/mol. The first-order valence-corrected chi connectivity index (χ1v) is 8.88. The van der Waals surface area contributed by atoms with E-state index >= 15 is 0 Å². The van der Waals surface area contributed by atoms with Gasteiger partial charge in [-0.2, -0.15) is 0 Å². The molecule has 0 spiro atoms. The number of fused-ring (bicyclic) bond motifs is 1. The van der Waals surface area contributed by atoms with Crippen LogP contribution in [0.5, 0.6) is 0 Å². The van der Waals surface area contributed by atoms with Crippen molar-refractivity contribution < 1.29 is 14.6 Å². The van der Waals surface area contributed by atoms with Gasteiger partial charge < -0.3 is 14.7 Å². The lowest BCUT2D eigenvalue weighted by atomic mass is 9.81. The predicted octanol–water partition coefficient (Wildman–Crippen LogP) is 3.62. The molecule has 2 rings (SSSR count). The Morgan fingerprint density at radius 2 is 2.07 bits per heavy atom. The van der Waals surface area contributed by atoms with Crippen LogP contribution in [0.2, 0.25) is 0 Å². The van der Waals surface area contributed by atoms with E-state index in [9.17, 15) is 4.79 Å². The maximum Gasteiger partial charge on any atom is 0.336 e. The van der Waals surface area contributed by atoms with Crippen LogP contribution in [0, 0.1) is 6.57 Å². The molecule has 1 N–H and O–H groups in total. The summed E-state index contributed by atoms with van der Waals surface area (Å²) in [5.74, 6) is -0.643. The largest absolute Gasteiger partial charge is 0.465 e. The van der Waals surface area contributed by atoms with Crippen molar-refractivity contribution in [2.45, 2.75) is 45.6 Å². The van der Waals surface area contributed by atoms with E-state index in [0.29, 0.717) is 12.3 Å². The molecule has 27 heavy (non-hydrogen) atoms. The number of aliphatic hydroxyl groups excluding tert-OH is 1. The minimum absolute atomic E-state index is 0.0751. The van der Waals surface area contributed by atoms with Gasteiger partial charge in [0.05, 0.1) is 18.9 Å². The molecule has 0 aliphatic carbocycles. The molecule has 0 saturated carbocycles. The molecule has 0 atom stereocenters. The summed E-state index contributed by atoms with van der Waals surface area (Å²) in [6.07, 6.45) is 1.53. The van der Waals surface area contributed by atoms with Crippen molar-refractivity contribution >= 4 is 23.1 Å². The second-order valence-electron chi connectivity index (χ2n) is 8.11. The molecule has 1 heterocycles. The quantitative estimate of drug-likeness (QED) is 0.489. The van der Waals surface area contributed by atoms with Gasteiger partial charge in [-0.3, -0.25) is 9.79 Å². The summed E-state index contributed by atoms with van der Waals surface area (Å²) >= 11 is 0. The maximum absolute atomic E-state index is 12.3. The molecular weight excluding hydrogens is 342 g/mol. The lowest BCUT2D eigenvalue weighted by molar-refractivity contribution is -0.149. The van der Waals surface area contributed by atoms with Crippen LogP contribution in [-0.4, -0.2) is 42.6 Å². The van der Waals surface area contributed by atoms with Gasteiger partial charge in [0, 0.05) is 30.4 Å². The Balaban J connectivity index is 2.37. The van der Waals surface area contributed by atoms with E-state index in [0.717, 1.165) is 16.9 Å². The molecule has 0 unspecified atom stereocenters. The average Bonchev–Trinajstić information content (AvgIpc) is 2.81. The molecule has 1 aliphatic rings. The van der Waals surface area contributed by atoms with E-state index in [1.165, 1.54) is 6.08 Å². The summed E-state index contributed by atoms with van der Waals surface area (Å²) in [6.45, 7) is 17.3. The molecule has 1 aliphatic heterocycles. The van der Waals surface area contributed by atoms with Gasteiger partial charge in [0.1, 0.15) is 5.60 Å². The second kappa shape index (κ2) is 7.53. The summed E-state index contributed by atoms with van der Waals surface area (Å²) in [7, 11) is 1.92. The first kappa shape index (κ1) is 20.7. The predicted molar refractivity (Wildman–Crippen MR) is 107 cm³/mol. The third kappa shape index (κ3) is 4.55. The molecule has 0 aromatic heterocycles. The first-order chi connectivity index (χ1) is 12.5. The number of carbonyl (C=O) groups is 1. The molecule has 144 valence electrons. The van der Waals surface area contributed by atoms with Crippen LogP contribution < -0.4 is 4.90 Å². The second-order valence-corrected chi connectivity index (χ2v) is 8.11. The highest BCUT2D eigenvalue weighted by atomic mass is 16.6. The number of rotatable bonds is 5. The normalized spacial score (nSPS) is 15.6. The van der Waals surface area contributed by atoms with Gasteiger partial charge in [-0.15, -0.1) is 0 Å². The molecule has 0 bridgehead atoms. The van der Waals surface area contributed by atoms with Crippen LogP contribution >= 0.6 is 0 Å². The summed E-state index contributed by atoms with van der Waals surface area (Å²) in [6, 6.07) is 5.91. The molecular formula is C21H27N3O3. The Kier molecular flexibility index (Phi) is 5.76. The zero-order valence-electron chi connectivity index (χ0n) is 16.8. The Hall–Kier alpha value is -2.65. The standard InChI is InChI=1S/C21H27N3O3/c1-20(2,3)27-19(26)17(22-6)13-18-21(4,5)15-12-14(24(7)10-11-25)8-9-16(15)23-18/h8-9,12-13,25H,10-11H2,1-5,7H3/b17-13-. The number of esters is 1. The number of hydrogen-bond acceptors (Lipinski definition) is 5. The van der Waals surface area contributed by atoms with Crippen LogP contribution in [-0.2, 0) is 14.9 Å². The molecule has 0 fully saturated rings. The van der Waals surface area contributed by atoms with Crippen LogP contribution in [0.15, 0.2) is 35.0 Å². The topological polar surface area (TPSA) is 66.5 Å². The van der Waals surface area contributed by atoms with Crippen molar-refractivity contribution in [3.05, 3.63) is 47.0 Å². The van der Waals surface area contributed by atoms with E-state index in [2.05, 4.69) is 9.84 Å². The van der Waals surface area contributed by atoms with Crippen molar-refractivity contribution in [2.24, 2.45) is 4.99 Å². The highest BCUT2D eigenvalue weighted by Gasteiger charge is 2.35. The van der Waals surface area contributed by atoms with E-state index < -0.39 is 17.0 Å². The molecule has 0 amide bonds. The summed E-state index contributed by atoms with van der Waals surface area (Å²) in [5.41, 5.74) is 2.27. The van der Waals surface area contributed by atoms with Gasteiger partial charge in [-0.1, -0.05) is 13.8 Å². The third-order valence-electron chi connectivity index (χ3n) is 4.41. The molecule has 1 aromatic carbocycles. The highest BCUT2D eigenvalue weighted by Crippen LogP contribution is 2.42. The van der Waals surface area contributed by atoms with Crippen molar-refractivity contribution in [3.8, 4) is 0 Å². The van der Waals surface area contributed by atoms with Crippen molar-refractivity contribution in [2.75, 3.05) is 25.1 Å². The lowest BCUT2D eigenvalue weighted by Gasteiger charge is -2.24. The number of aliphatic imine (C=N–C) groups is 1. The number of anilines is 1. The molecule has 0 saturated heterocycles. The van der Waals surface area contributed by atoms with Gasteiger partial charge in [-0.25, -0.2) is 4.85 Å². The summed E-state index contributed by atoms with van der Waals surface area (Å²) in [5, 5.41) is 9.15. The SMILES string of the molecule is [C-]#[N+]/C(=C\C1=Nc2ccc(N(C)CCO)cc2C1(C)C)C(=O)OC(C)(C)C. The number of allylic oxidation sites excluding steroid dienone is 1. The van der Waals surface area contributed by atoms with Gasteiger partial charge in [0.25, 0.3) is 5.70 Å². The van der Waals surface area contributed by atoms with E-state index in [4.69, 9.17) is 16.4 Å². The Morgan fingerprint density at radius 3 is 2.63 bits per heavy atom. The van der Waals surface area contributed by atoms with Gasteiger partial charge in [-0.05, 0) is 50.6 Å². The minimum atomic E-state index is -0.664. The highest BCUT2D eigenvalue weighted by molar-refractivity contribution is 6.12. The van der Waals surface area contributed by atoms with Gasteiger partial charge >= 0.3 is 5.97 Å². The van der Waals surface area contributed by atoms with E-state index in [1.54, 1.807) is 20.8 Å². The van der Waals surface area contributed by atoms with Crippen molar-refractivity contribution in [3.63, 3.8) is 0 Å². The fourth-order valence-corrected chi connectivity index (χ4v) is 2.86. The van der Waals surface area contributed by atoms with Crippen molar-refractivity contribution in [1.29, 1.82) is 0 Å². The monoisotopic (exact) mass is 369 g/mol. The number of likely N-dealkylation sites (N-methyl/N-ethyl adjacent to an activating group) is 1. The minimum Gasteiger partial charge on any atom is -0.465 e. The van der Waals surface area contributed by atoms with Crippen LogP contribution in [0.4, 0.5) is 11.4 Å². The van der Waals surface area contributed by atoms with Crippen LogP contribution in [0.1, 0.15) is 40.2 Å². The zero-order chi connectivity index (χ0) is 20.4. The smallest absolute Gasteiger partial charge is 0.336 e. The van der Waals surface area contributed by atoms with Gasteiger partial charge in [0.15, 0.2) is 0 Å². The first-order valence-electron chi connectivity index (χ1n) is 8.88. The molecule has 6 heteroatoms. The fraction of sp³-hybridized carbons (Fsp3) is 0.476. The number of ether oxygens (including phenoxy) is 1. The molecule has 1 aromatic rings. The Labute approximate surface area is 161 Å². The zero-order valence-corrected chi connectivity index (χ0v) is 16.8. The lowest BCUT2D eigenvalue weighted by Crippen LogP contribution is -2.27. The number of benzene rings is 1. The molecule has 6 nitrogen and oxygen atoms in total. The Morgan fingerprint density at radius 1 is 1.41 bits per heavy atom. The fourth-order valence-electron chi connectivity index (χ4n) is 2.86. The summed E-state index contributed by atoms with van der Waals surface area (Å²) < 4.78 is 5.32. The number of hydrogen-bond donors (Lipinski definition) is 1. The van der Waals surface area contributed by atoms with Crippen LogP contribution in [0.25, 0.3) is 4.85 Å². The maximum atomic E-state index is 12.3. The summed E-state index contributed by atoms with van der Waals surface area (Å²) in [4.78, 5) is 22.2. The van der Waals surface area contributed by atoms with E-state index in [1.807, 2.05) is 44.0 Å². The Bertz CT molecular complexity index is 839. The van der Waals surface area contributed by atoms with E-state index in [-0.39, 0.29) is 12.3 Å². The number of carbonyl (C=O) groups excluding carboxylic acids is 1. The number of nitrogens with zero attached hydrogens (tertiary/aromatic N) is 3. The third-order valence-corrected chi connectivity index (χ3v) is 4.41. The van der Waals surface area contributed by atoms with Gasteiger partial charge in [0.2, 0.25) is 0 Å². The number of aliphatic hydroxyl groups is 1. The van der Waals surface area contributed by atoms with Crippen LogP contribution in [0.3, 0.4) is 0 Å². The van der Waals surface area contributed by atoms with Crippen molar-refractivity contribution in [1.82, 2.24) is 0 Å². The molecule has 0 radical (unpaired) electrons.